The molecule has 9 heteroatoms. The summed E-state index contributed by atoms with van der Waals surface area (Å²) in [5.41, 5.74) is 0.602. The van der Waals surface area contributed by atoms with Crippen LogP contribution in [0.1, 0.15) is 12.0 Å². The van der Waals surface area contributed by atoms with Crippen molar-refractivity contribution < 1.29 is 32.6 Å². The summed E-state index contributed by atoms with van der Waals surface area (Å²) in [7, 11) is 1.48. The number of aliphatic carboxylic acids is 1. The van der Waals surface area contributed by atoms with Gasteiger partial charge in [-0.3, -0.25) is 4.79 Å². The molecule has 0 heterocycles. The Balaban J connectivity index is 2.48. The Morgan fingerprint density at radius 3 is 2.36 bits per heavy atom. The van der Waals surface area contributed by atoms with E-state index in [1.165, 1.54) is 24.1 Å². The highest BCUT2D eigenvalue weighted by Gasteiger charge is 2.30. The standard InChI is InChI=1S/C13H15F3N2O4/c1-18(12(21)17-7-6-11(19)20)8-9-2-4-10(5-3-9)22-13(14,15)16/h2-5H,6-8H2,1H3,(H,17,21)(H,19,20). The first-order chi connectivity index (χ1) is 10.2. The average Bonchev–Trinajstić information content (AvgIpc) is 2.38. The number of amides is 2. The summed E-state index contributed by atoms with van der Waals surface area (Å²) in [6.07, 6.45) is -4.94. The van der Waals surface area contributed by atoms with Gasteiger partial charge in [0.15, 0.2) is 0 Å². The van der Waals surface area contributed by atoms with Gasteiger partial charge in [0.1, 0.15) is 5.75 Å². The first-order valence-corrected chi connectivity index (χ1v) is 6.23. The number of halogens is 3. The summed E-state index contributed by atoms with van der Waals surface area (Å²) in [5.74, 6) is -1.37. The molecule has 2 amide bonds. The van der Waals surface area contributed by atoms with Crippen LogP contribution in [-0.4, -0.2) is 42.0 Å². The topological polar surface area (TPSA) is 78.9 Å². The molecule has 0 aromatic heterocycles. The summed E-state index contributed by atoms with van der Waals surface area (Å²) in [6.45, 7) is 0.155. The number of benzene rings is 1. The Kier molecular flexibility index (Phi) is 6.02. The zero-order valence-corrected chi connectivity index (χ0v) is 11.7. The van der Waals surface area contributed by atoms with Crippen LogP contribution < -0.4 is 10.1 Å². The van der Waals surface area contributed by atoms with Crippen LogP contribution in [0.5, 0.6) is 5.75 Å². The molecule has 0 radical (unpaired) electrons. The van der Waals surface area contributed by atoms with Crippen LogP contribution in [0.2, 0.25) is 0 Å². The Hall–Kier alpha value is -2.45. The molecule has 1 aromatic carbocycles. The maximum absolute atomic E-state index is 12.0. The molecule has 0 atom stereocenters. The average molecular weight is 320 g/mol. The van der Waals surface area contributed by atoms with Crippen molar-refractivity contribution >= 4 is 12.0 Å². The monoisotopic (exact) mass is 320 g/mol. The maximum Gasteiger partial charge on any atom is 0.573 e. The number of nitrogens with zero attached hydrogens (tertiary/aromatic N) is 1. The molecular formula is C13H15F3N2O4. The van der Waals surface area contributed by atoms with Gasteiger partial charge in [0, 0.05) is 20.1 Å². The Bertz CT molecular complexity index is 517. The van der Waals surface area contributed by atoms with Gasteiger partial charge in [0.25, 0.3) is 0 Å². The lowest BCUT2D eigenvalue weighted by Crippen LogP contribution is -2.37. The molecule has 1 aromatic rings. The van der Waals surface area contributed by atoms with Gasteiger partial charge in [-0.25, -0.2) is 4.79 Å². The molecule has 22 heavy (non-hydrogen) atoms. The number of carboxylic acids is 1. The van der Waals surface area contributed by atoms with Crippen molar-refractivity contribution in [2.45, 2.75) is 19.3 Å². The van der Waals surface area contributed by atoms with Crippen LogP contribution in [0.4, 0.5) is 18.0 Å². The molecule has 0 aliphatic rings. The van der Waals surface area contributed by atoms with Crippen molar-refractivity contribution in [3.63, 3.8) is 0 Å². The van der Waals surface area contributed by atoms with Crippen LogP contribution in [0.25, 0.3) is 0 Å². The van der Waals surface area contributed by atoms with E-state index in [-0.39, 0.29) is 25.3 Å². The van der Waals surface area contributed by atoms with Gasteiger partial charge < -0.3 is 20.1 Å². The van der Waals surface area contributed by atoms with E-state index in [2.05, 4.69) is 10.1 Å². The second-order valence-corrected chi connectivity index (χ2v) is 4.42. The lowest BCUT2D eigenvalue weighted by atomic mass is 10.2. The van der Waals surface area contributed by atoms with Crippen LogP contribution >= 0.6 is 0 Å². The van der Waals surface area contributed by atoms with Crippen LogP contribution in [0.3, 0.4) is 0 Å². The highest BCUT2D eigenvalue weighted by atomic mass is 19.4. The molecule has 0 aliphatic heterocycles. The van der Waals surface area contributed by atoms with Crippen LogP contribution in [0, 0.1) is 0 Å². The molecule has 122 valence electrons. The fourth-order valence-electron chi connectivity index (χ4n) is 1.55. The number of nitrogens with one attached hydrogen (secondary N) is 1. The molecule has 0 saturated carbocycles. The fourth-order valence-corrected chi connectivity index (χ4v) is 1.55. The Labute approximate surface area is 124 Å². The van der Waals surface area contributed by atoms with E-state index in [9.17, 15) is 22.8 Å². The third-order valence-electron chi connectivity index (χ3n) is 2.54. The van der Waals surface area contributed by atoms with Gasteiger partial charge in [-0.05, 0) is 17.7 Å². The predicted molar refractivity (Wildman–Crippen MR) is 70.2 cm³/mol. The minimum absolute atomic E-state index is 0.00311. The molecule has 0 fully saturated rings. The molecule has 0 spiro atoms. The number of rotatable bonds is 6. The van der Waals surface area contributed by atoms with Gasteiger partial charge in [0.05, 0.1) is 6.42 Å². The number of carbonyl (C=O) groups excluding carboxylic acids is 1. The van der Waals surface area contributed by atoms with Gasteiger partial charge in [-0.1, -0.05) is 12.1 Å². The van der Waals surface area contributed by atoms with E-state index in [4.69, 9.17) is 5.11 Å². The van der Waals surface area contributed by atoms with Gasteiger partial charge in [0.2, 0.25) is 0 Å². The molecule has 0 unspecified atom stereocenters. The van der Waals surface area contributed by atoms with E-state index in [1.54, 1.807) is 0 Å². The normalized spacial score (nSPS) is 10.9. The molecule has 6 nitrogen and oxygen atoms in total. The number of urea groups is 1. The van der Waals surface area contributed by atoms with Crippen LogP contribution in [-0.2, 0) is 11.3 Å². The SMILES string of the molecule is CN(Cc1ccc(OC(F)(F)F)cc1)C(=O)NCCC(=O)O. The second kappa shape index (κ2) is 7.53. The van der Waals surface area contributed by atoms with E-state index in [0.29, 0.717) is 5.56 Å². The lowest BCUT2D eigenvalue weighted by molar-refractivity contribution is -0.274. The molecule has 1 rings (SSSR count). The number of hydrogen-bond donors (Lipinski definition) is 2. The zero-order valence-electron chi connectivity index (χ0n) is 11.7. The largest absolute Gasteiger partial charge is 0.573 e. The van der Waals surface area contributed by atoms with E-state index in [0.717, 1.165) is 12.1 Å². The van der Waals surface area contributed by atoms with Crippen molar-refractivity contribution in [2.24, 2.45) is 0 Å². The minimum Gasteiger partial charge on any atom is -0.481 e. The van der Waals surface area contributed by atoms with E-state index < -0.39 is 18.4 Å². The predicted octanol–water partition coefficient (Wildman–Crippen LogP) is 2.20. The number of ether oxygens (including phenoxy) is 1. The summed E-state index contributed by atoms with van der Waals surface area (Å²) in [6, 6.07) is 4.64. The number of carboxylic acid groups (broad SMARTS) is 1. The summed E-state index contributed by atoms with van der Waals surface area (Å²) in [4.78, 5) is 23.2. The first-order valence-electron chi connectivity index (χ1n) is 6.23. The fraction of sp³-hybridized carbons (Fsp3) is 0.385. The van der Waals surface area contributed by atoms with Crippen molar-refractivity contribution in [3.05, 3.63) is 29.8 Å². The third-order valence-corrected chi connectivity index (χ3v) is 2.54. The maximum atomic E-state index is 12.0. The van der Waals surface area contributed by atoms with Crippen molar-refractivity contribution in [1.29, 1.82) is 0 Å². The molecule has 0 aliphatic carbocycles. The molecule has 2 N–H and O–H groups in total. The quantitative estimate of drug-likeness (QED) is 0.842. The number of alkyl halides is 3. The number of carbonyl (C=O) groups is 2. The third kappa shape index (κ3) is 6.82. The smallest absolute Gasteiger partial charge is 0.481 e. The second-order valence-electron chi connectivity index (χ2n) is 4.42. The molecular weight excluding hydrogens is 305 g/mol. The number of hydrogen-bond acceptors (Lipinski definition) is 3. The molecule has 0 bridgehead atoms. The van der Waals surface area contributed by atoms with Crippen molar-refractivity contribution in [2.75, 3.05) is 13.6 Å². The summed E-state index contributed by atoms with van der Waals surface area (Å²) < 4.78 is 39.8. The van der Waals surface area contributed by atoms with Gasteiger partial charge >= 0.3 is 18.4 Å². The Morgan fingerprint density at radius 1 is 1.27 bits per heavy atom. The Morgan fingerprint density at radius 2 is 1.86 bits per heavy atom. The highest BCUT2D eigenvalue weighted by Crippen LogP contribution is 2.22. The minimum atomic E-state index is -4.75. The first kappa shape index (κ1) is 17.6. The van der Waals surface area contributed by atoms with Gasteiger partial charge in [-0.15, -0.1) is 13.2 Å². The summed E-state index contributed by atoms with van der Waals surface area (Å²) in [5, 5.41) is 10.9. The van der Waals surface area contributed by atoms with E-state index in [1.807, 2.05) is 0 Å². The van der Waals surface area contributed by atoms with Crippen molar-refractivity contribution in [1.82, 2.24) is 10.2 Å². The van der Waals surface area contributed by atoms with E-state index >= 15 is 0 Å². The van der Waals surface area contributed by atoms with Gasteiger partial charge in [-0.2, -0.15) is 0 Å². The zero-order chi connectivity index (χ0) is 16.8. The summed E-state index contributed by atoms with van der Waals surface area (Å²) >= 11 is 0. The van der Waals surface area contributed by atoms with Crippen LogP contribution in [0.15, 0.2) is 24.3 Å². The molecule has 0 saturated heterocycles. The lowest BCUT2D eigenvalue weighted by Gasteiger charge is -2.18. The van der Waals surface area contributed by atoms with Crippen molar-refractivity contribution in [3.8, 4) is 5.75 Å². The highest BCUT2D eigenvalue weighted by molar-refractivity contribution is 5.75.